The van der Waals surface area contributed by atoms with E-state index in [4.69, 9.17) is 10.5 Å². The fourth-order valence-electron chi connectivity index (χ4n) is 1.49. The van der Waals surface area contributed by atoms with Crippen molar-refractivity contribution < 1.29 is 4.74 Å². The highest BCUT2D eigenvalue weighted by Gasteiger charge is 2.11. The van der Waals surface area contributed by atoms with Crippen LogP contribution >= 0.6 is 0 Å². The molecule has 0 aromatic carbocycles. The summed E-state index contributed by atoms with van der Waals surface area (Å²) in [4.78, 5) is 12.3. The van der Waals surface area contributed by atoms with Crippen LogP contribution in [0.5, 0.6) is 5.75 Å². The van der Waals surface area contributed by atoms with Crippen LogP contribution in [0.25, 0.3) is 0 Å². The van der Waals surface area contributed by atoms with Gasteiger partial charge in [-0.05, 0) is 18.6 Å². The highest BCUT2D eigenvalue weighted by atomic mass is 16.5. The summed E-state index contributed by atoms with van der Waals surface area (Å²) in [6.07, 6.45) is 8.26. The molecule has 1 atom stereocenters. The summed E-state index contributed by atoms with van der Waals surface area (Å²) >= 11 is 0. The molecule has 1 unspecified atom stereocenters. The van der Waals surface area contributed by atoms with Crippen LogP contribution in [0.2, 0.25) is 0 Å². The Kier molecular flexibility index (Phi) is 3.62. The molecule has 0 fully saturated rings. The Hall–Kier alpha value is -2.01. The van der Waals surface area contributed by atoms with Crippen molar-refractivity contribution in [2.45, 2.75) is 13.0 Å². The van der Waals surface area contributed by atoms with Gasteiger partial charge in [0.1, 0.15) is 5.75 Å². The summed E-state index contributed by atoms with van der Waals surface area (Å²) in [5.74, 6) is 0.712. The Morgan fingerprint density at radius 3 is 2.82 bits per heavy atom. The van der Waals surface area contributed by atoms with Crippen molar-refractivity contribution in [1.29, 1.82) is 0 Å². The standard InChI is InChI=1S/C12H14N4O/c1-2-17-10-5-9(6-15-7-10)12(13)11-8-14-3-4-16-11/h3-8,12H,2,13H2,1H3. The molecular weight excluding hydrogens is 216 g/mol. The van der Waals surface area contributed by atoms with Crippen LogP contribution in [0.4, 0.5) is 0 Å². The molecule has 0 aliphatic heterocycles. The average Bonchev–Trinajstić information content (AvgIpc) is 2.40. The van der Waals surface area contributed by atoms with Gasteiger partial charge in [0, 0.05) is 18.6 Å². The monoisotopic (exact) mass is 230 g/mol. The molecule has 0 aliphatic rings. The number of hydrogen-bond donors (Lipinski definition) is 1. The van der Waals surface area contributed by atoms with Gasteiger partial charge in [0.15, 0.2) is 0 Å². The fraction of sp³-hybridized carbons (Fsp3) is 0.250. The van der Waals surface area contributed by atoms with Gasteiger partial charge >= 0.3 is 0 Å². The van der Waals surface area contributed by atoms with Crippen molar-refractivity contribution in [2.75, 3.05) is 6.61 Å². The molecule has 5 nitrogen and oxygen atoms in total. The highest BCUT2D eigenvalue weighted by molar-refractivity contribution is 5.30. The van der Waals surface area contributed by atoms with Crippen LogP contribution in [-0.2, 0) is 0 Å². The first kappa shape index (κ1) is 11.5. The molecule has 0 amide bonds. The van der Waals surface area contributed by atoms with E-state index in [9.17, 15) is 0 Å². The Morgan fingerprint density at radius 2 is 2.12 bits per heavy atom. The van der Waals surface area contributed by atoms with Gasteiger partial charge in [0.05, 0.1) is 30.7 Å². The van der Waals surface area contributed by atoms with E-state index in [0.717, 1.165) is 5.56 Å². The molecule has 0 bridgehead atoms. The summed E-state index contributed by atoms with van der Waals surface area (Å²) in [6.45, 7) is 2.53. The van der Waals surface area contributed by atoms with Crippen LogP contribution in [0.15, 0.2) is 37.1 Å². The smallest absolute Gasteiger partial charge is 0.137 e. The Bertz CT molecular complexity index is 475. The van der Waals surface area contributed by atoms with Crippen molar-refractivity contribution in [1.82, 2.24) is 15.0 Å². The molecule has 2 aromatic rings. The van der Waals surface area contributed by atoms with E-state index >= 15 is 0 Å². The number of nitrogens with two attached hydrogens (primary N) is 1. The molecule has 0 spiro atoms. The maximum atomic E-state index is 6.08. The summed E-state index contributed by atoms with van der Waals surface area (Å²) in [6, 6.07) is 1.53. The fourth-order valence-corrected chi connectivity index (χ4v) is 1.49. The van der Waals surface area contributed by atoms with E-state index in [1.54, 1.807) is 31.0 Å². The summed E-state index contributed by atoms with van der Waals surface area (Å²) in [5, 5.41) is 0. The van der Waals surface area contributed by atoms with Crippen molar-refractivity contribution in [3.05, 3.63) is 48.3 Å². The van der Waals surface area contributed by atoms with Crippen molar-refractivity contribution in [3.8, 4) is 5.75 Å². The van der Waals surface area contributed by atoms with E-state index in [1.807, 2.05) is 13.0 Å². The van der Waals surface area contributed by atoms with E-state index < -0.39 is 0 Å². The van der Waals surface area contributed by atoms with Crippen LogP contribution in [-0.4, -0.2) is 21.6 Å². The van der Waals surface area contributed by atoms with Gasteiger partial charge in [0.25, 0.3) is 0 Å². The van der Waals surface area contributed by atoms with Gasteiger partial charge in [0.2, 0.25) is 0 Å². The zero-order valence-electron chi connectivity index (χ0n) is 9.58. The van der Waals surface area contributed by atoms with E-state index in [1.165, 1.54) is 0 Å². The topological polar surface area (TPSA) is 73.9 Å². The van der Waals surface area contributed by atoms with Crippen LogP contribution in [0.1, 0.15) is 24.2 Å². The third-order valence-corrected chi connectivity index (χ3v) is 2.31. The highest BCUT2D eigenvalue weighted by Crippen LogP contribution is 2.20. The van der Waals surface area contributed by atoms with Crippen LogP contribution in [0.3, 0.4) is 0 Å². The Morgan fingerprint density at radius 1 is 1.24 bits per heavy atom. The quantitative estimate of drug-likeness (QED) is 0.857. The third kappa shape index (κ3) is 2.76. The lowest BCUT2D eigenvalue weighted by atomic mass is 10.1. The number of nitrogens with zero attached hydrogens (tertiary/aromatic N) is 3. The van der Waals surface area contributed by atoms with Crippen molar-refractivity contribution in [2.24, 2.45) is 5.73 Å². The molecule has 0 radical (unpaired) electrons. The summed E-state index contributed by atoms with van der Waals surface area (Å²) in [7, 11) is 0. The lowest BCUT2D eigenvalue weighted by Crippen LogP contribution is -2.14. The first-order valence-corrected chi connectivity index (χ1v) is 5.40. The lowest BCUT2D eigenvalue weighted by molar-refractivity contribution is 0.338. The molecule has 2 heterocycles. The first-order chi connectivity index (χ1) is 8.31. The minimum Gasteiger partial charge on any atom is -0.492 e. The normalized spacial score (nSPS) is 12.1. The minimum atomic E-state index is -0.336. The molecule has 2 aromatic heterocycles. The SMILES string of the molecule is CCOc1cncc(C(N)c2cnccn2)c1. The van der Waals surface area contributed by atoms with Gasteiger partial charge in [-0.3, -0.25) is 15.0 Å². The Balaban J connectivity index is 2.25. The number of ether oxygens (including phenoxy) is 1. The van der Waals surface area contributed by atoms with E-state index in [-0.39, 0.29) is 6.04 Å². The second-order valence-electron chi connectivity index (χ2n) is 3.49. The predicted molar refractivity (Wildman–Crippen MR) is 63.5 cm³/mol. The molecule has 0 saturated heterocycles. The molecule has 0 saturated carbocycles. The minimum absolute atomic E-state index is 0.336. The van der Waals surface area contributed by atoms with Gasteiger partial charge in [-0.1, -0.05) is 0 Å². The van der Waals surface area contributed by atoms with Gasteiger partial charge < -0.3 is 10.5 Å². The zero-order chi connectivity index (χ0) is 12.1. The van der Waals surface area contributed by atoms with Crippen LogP contribution in [0, 0.1) is 0 Å². The van der Waals surface area contributed by atoms with Gasteiger partial charge in [-0.2, -0.15) is 0 Å². The largest absolute Gasteiger partial charge is 0.492 e. The number of hydrogen-bond acceptors (Lipinski definition) is 5. The average molecular weight is 230 g/mol. The third-order valence-electron chi connectivity index (χ3n) is 2.31. The van der Waals surface area contributed by atoms with Crippen molar-refractivity contribution in [3.63, 3.8) is 0 Å². The van der Waals surface area contributed by atoms with E-state index in [0.29, 0.717) is 18.1 Å². The van der Waals surface area contributed by atoms with Crippen LogP contribution < -0.4 is 10.5 Å². The predicted octanol–water partition coefficient (Wildman–Crippen LogP) is 1.32. The molecule has 2 N–H and O–H groups in total. The zero-order valence-corrected chi connectivity index (χ0v) is 9.58. The van der Waals surface area contributed by atoms with Crippen molar-refractivity contribution >= 4 is 0 Å². The molecular formula is C12H14N4O. The molecule has 0 aliphatic carbocycles. The lowest BCUT2D eigenvalue weighted by Gasteiger charge is -2.11. The first-order valence-electron chi connectivity index (χ1n) is 5.40. The number of pyridine rings is 1. The maximum Gasteiger partial charge on any atom is 0.137 e. The molecule has 88 valence electrons. The number of aromatic nitrogens is 3. The number of rotatable bonds is 4. The summed E-state index contributed by atoms with van der Waals surface area (Å²) in [5.41, 5.74) is 7.65. The van der Waals surface area contributed by atoms with E-state index in [2.05, 4.69) is 15.0 Å². The van der Waals surface area contributed by atoms with Gasteiger partial charge in [-0.15, -0.1) is 0 Å². The molecule has 2 rings (SSSR count). The van der Waals surface area contributed by atoms with Gasteiger partial charge in [-0.25, -0.2) is 0 Å². The molecule has 17 heavy (non-hydrogen) atoms. The maximum absolute atomic E-state index is 6.08. The summed E-state index contributed by atoms with van der Waals surface area (Å²) < 4.78 is 5.38. The Labute approximate surface area is 99.7 Å². The second-order valence-corrected chi connectivity index (χ2v) is 3.49. The molecule has 5 heteroatoms. The second kappa shape index (κ2) is 5.36.